The summed E-state index contributed by atoms with van der Waals surface area (Å²) in [6.07, 6.45) is 2.18. The van der Waals surface area contributed by atoms with Gasteiger partial charge in [-0.3, -0.25) is 0 Å². The summed E-state index contributed by atoms with van der Waals surface area (Å²) in [7, 11) is 0. The minimum absolute atomic E-state index is 0.434. The highest BCUT2D eigenvalue weighted by molar-refractivity contribution is 5.19. The zero-order valence-electron chi connectivity index (χ0n) is 13.8. The van der Waals surface area contributed by atoms with Gasteiger partial charge in [-0.1, -0.05) is 51.1 Å². The third-order valence-electron chi connectivity index (χ3n) is 4.57. The maximum absolute atomic E-state index is 4.36. The van der Waals surface area contributed by atoms with Crippen LogP contribution in [0.5, 0.6) is 0 Å². The highest BCUT2D eigenvalue weighted by atomic mass is 15.3. The minimum Gasteiger partial charge on any atom is -0.313 e. The molecule has 1 aliphatic heterocycles. The predicted molar refractivity (Wildman–Crippen MR) is 89.1 cm³/mol. The third kappa shape index (κ3) is 3.22. The number of rotatable bonds is 5. The van der Waals surface area contributed by atoms with E-state index in [2.05, 4.69) is 71.2 Å². The topological polar surface area (TPSA) is 42.7 Å². The normalized spacial score (nSPS) is 19.2. The average molecular weight is 298 g/mol. The fourth-order valence-corrected chi connectivity index (χ4v) is 3.18. The van der Waals surface area contributed by atoms with Crippen LogP contribution in [0.4, 0.5) is 0 Å². The molecule has 0 saturated heterocycles. The Morgan fingerprint density at radius 3 is 2.68 bits per heavy atom. The Hall–Kier alpha value is -1.68. The molecule has 2 atom stereocenters. The van der Waals surface area contributed by atoms with E-state index in [0.29, 0.717) is 17.9 Å². The summed E-state index contributed by atoms with van der Waals surface area (Å²) in [5.74, 6) is 3.24. The molecule has 2 heterocycles. The van der Waals surface area contributed by atoms with Crippen molar-refractivity contribution in [3.8, 4) is 0 Å². The maximum Gasteiger partial charge on any atom is 0.135 e. The standard InChI is InChI=1S/C18H26N4/c1-13(2)18-21-20-17-10-9-16(12-22(17)18)19-11-14(3)15-7-5-4-6-8-15/h4-8,13-14,16,19H,9-12H2,1-3H3/t14-,16-/m0/s1. The molecule has 0 aliphatic carbocycles. The van der Waals surface area contributed by atoms with E-state index in [9.17, 15) is 0 Å². The van der Waals surface area contributed by atoms with Crippen molar-refractivity contribution < 1.29 is 0 Å². The van der Waals surface area contributed by atoms with E-state index in [0.717, 1.165) is 37.6 Å². The first-order valence-corrected chi connectivity index (χ1v) is 8.35. The number of aromatic nitrogens is 3. The number of fused-ring (bicyclic) bond motifs is 1. The molecule has 1 aliphatic rings. The highest BCUT2D eigenvalue weighted by Gasteiger charge is 2.23. The van der Waals surface area contributed by atoms with Crippen LogP contribution in [-0.4, -0.2) is 27.4 Å². The molecule has 0 radical (unpaired) electrons. The molecule has 0 spiro atoms. The van der Waals surface area contributed by atoms with E-state index in [1.54, 1.807) is 0 Å². The molecule has 0 fully saturated rings. The third-order valence-corrected chi connectivity index (χ3v) is 4.57. The van der Waals surface area contributed by atoms with Gasteiger partial charge < -0.3 is 9.88 Å². The summed E-state index contributed by atoms with van der Waals surface area (Å²) >= 11 is 0. The van der Waals surface area contributed by atoms with Crippen LogP contribution in [0.15, 0.2) is 30.3 Å². The van der Waals surface area contributed by atoms with Crippen molar-refractivity contribution in [2.24, 2.45) is 0 Å². The van der Waals surface area contributed by atoms with E-state index in [4.69, 9.17) is 0 Å². The van der Waals surface area contributed by atoms with Gasteiger partial charge in [0.2, 0.25) is 0 Å². The van der Waals surface area contributed by atoms with Crippen LogP contribution in [0.25, 0.3) is 0 Å². The Bertz CT molecular complexity index is 603. The predicted octanol–water partition coefficient (Wildman–Crippen LogP) is 3.11. The smallest absolute Gasteiger partial charge is 0.135 e. The second-order valence-electron chi connectivity index (χ2n) is 6.70. The van der Waals surface area contributed by atoms with Gasteiger partial charge in [-0.15, -0.1) is 10.2 Å². The number of hydrogen-bond donors (Lipinski definition) is 1. The molecule has 1 aromatic heterocycles. The van der Waals surface area contributed by atoms with Gasteiger partial charge in [0.15, 0.2) is 0 Å². The van der Waals surface area contributed by atoms with Crippen molar-refractivity contribution in [2.45, 2.75) is 58.0 Å². The van der Waals surface area contributed by atoms with Crippen molar-refractivity contribution in [1.82, 2.24) is 20.1 Å². The molecule has 0 unspecified atom stereocenters. The summed E-state index contributed by atoms with van der Waals surface area (Å²) in [5, 5.41) is 12.4. The zero-order valence-corrected chi connectivity index (χ0v) is 13.8. The van der Waals surface area contributed by atoms with Crippen molar-refractivity contribution in [2.75, 3.05) is 6.54 Å². The van der Waals surface area contributed by atoms with Gasteiger partial charge in [-0.2, -0.15) is 0 Å². The SMILES string of the molecule is CC(C)c1nnc2n1C[C@@H](NC[C@H](C)c1ccccc1)CC2. The molecule has 0 amide bonds. The fraction of sp³-hybridized carbons (Fsp3) is 0.556. The van der Waals surface area contributed by atoms with E-state index >= 15 is 0 Å². The van der Waals surface area contributed by atoms with Gasteiger partial charge in [0.05, 0.1) is 0 Å². The number of aryl methyl sites for hydroxylation is 1. The molecule has 0 saturated carbocycles. The number of nitrogens with one attached hydrogen (secondary N) is 1. The number of hydrogen-bond acceptors (Lipinski definition) is 3. The molecule has 0 bridgehead atoms. The molecule has 22 heavy (non-hydrogen) atoms. The van der Waals surface area contributed by atoms with Crippen molar-refractivity contribution in [3.05, 3.63) is 47.5 Å². The Kier molecular flexibility index (Phi) is 4.57. The van der Waals surface area contributed by atoms with Gasteiger partial charge >= 0.3 is 0 Å². The molecule has 118 valence electrons. The molecular formula is C18H26N4. The second-order valence-corrected chi connectivity index (χ2v) is 6.70. The number of nitrogens with zero attached hydrogens (tertiary/aromatic N) is 3. The van der Waals surface area contributed by atoms with Gasteiger partial charge in [-0.25, -0.2) is 0 Å². The largest absolute Gasteiger partial charge is 0.313 e. The van der Waals surface area contributed by atoms with Gasteiger partial charge in [0.25, 0.3) is 0 Å². The van der Waals surface area contributed by atoms with E-state index in [1.165, 1.54) is 5.56 Å². The lowest BCUT2D eigenvalue weighted by molar-refractivity contribution is 0.366. The van der Waals surface area contributed by atoms with E-state index in [1.807, 2.05) is 0 Å². The van der Waals surface area contributed by atoms with Gasteiger partial charge in [0.1, 0.15) is 11.6 Å². The van der Waals surface area contributed by atoms with Crippen LogP contribution < -0.4 is 5.32 Å². The first-order chi connectivity index (χ1) is 10.6. The average Bonchev–Trinajstić information content (AvgIpc) is 2.96. The fourth-order valence-electron chi connectivity index (χ4n) is 3.18. The van der Waals surface area contributed by atoms with Crippen LogP contribution >= 0.6 is 0 Å². The van der Waals surface area contributed by atoms with Crippen molar-refractivity contribution in [1.29, 1.82) is 0 Å². The Labute approximate surface area is 133 Å². The summed E-state index contributed by atoms with van der Waals surface area (Å²) in [4.78, 5) is 0. The first-order valence-electron chi connectivity index (χ1n) is 8.35. The van der Waals surface area contributed by atoms with Crippen LogP contribution in [0.2, 0.25) is 0 Å². The molecule has 1 aromatic carbocycles. The van der Waals surface area contributed by atoms with Crippen LogP contribution in [0.1, 0.15) is 56.2 Å². The lowest BCUT2D eigenvalue weighted by atomic mass is 10.00. The quantitative estimate of drug-likeness (QED) is 0.922. The first kappa shape index (κ1) is 15.2. The summed E-state index contributed by atoms with van der Waals surface area (Å²) in [5.41, 5.74) is 1.40. The Morgan fingerprint density at radius 2 is 1.95 bits per heavy atom. The van der Waals surface area contributed by atoms with Crippen LogP contribution in [-0.2, 0) is 13.0 Å². The number of benzene rings is 1. The summed E-state index contributed by atoms with van der Waals surface area (Å²) in [6, 6.07) is 11.2. The zero-order chi connectivity index (χ0) is 15.5. The molecule has 1 N–H and O–H groups in total. The summed E-state index contributed by atoms with van der Waals surface area (Å²) < 4.78 is 2.32. The molecule has 2 aromatic rings. The van der Waals surface area contributed by atoms with Crippen LogP contribution in [0, 0.1) is 0 Å². The lowest BCUT2D eigenvalue weighted by Crippen LogP contribution is -2.39. The summed E-state index contributed by atoms with van der Waals surface area (Å²) in [6.45, 7) is 8.67. The molecular weight excluding hydrogens is 272 g/mol. The van der Waals surface area contributed by atoms with Crippen molar-refractivity contribution >= 4 is 0 Å². The highest BCUT2D eigenvalue weighted by Crippen LogP contribution is 2.21. The molecule has 3 rings (SSSR count). The van der Waals surface area contributed by atoms with E-state index in [-0.39, 0.29) is 0 Å². The Morgan fingerprint density at radius 1 is 1.18 bits per heavy atom. The molecule has 4 nitrogen and oxygen atoms in total. The van der Waals surface area contributed by atoms with Gasteiger partial charge in [0, 0.05) is 31.5 Å². The lowest BCUT2D eigenvalue weighted by Gasteiger charge is -2.27. The van der Waals surface area contributed by atoms with Crippen molar-refractivity contribution in [3.63, 3.8) is 0 Å². The second kappa shape index (κ2) is 6.61. The maximum atomic E-state index is 4.36. The monoisotopic (exact) mass is 298 g/mol. The van der Waals surface area contributed by atoms with E-state index < -0.39 is 0 Å². The van der Waals surface area contributed by atoms with Crippen LogP contribution in [0.3, 0.4) is 0 Å². The van der Waals surface area contributed by atoms with Gasteiger partial charge in [-0.05, 0) is 17.9 Å². The Balaban J connectivity index is 1.60. The molecule has 4 heteroatoms. The minimum atomic E-state index is 0.434.